The number of aliphatic carboxylic acids is 2. The first-order valence-corrected chi connectivity index (χ1v) is 16.6. The number of carboxylic acid groups (broad SMARTS) is 2. The van der Waals surface area contributed by atoms with Crippen molar-refractivity contribution in [2.24, 2.45) is 11.5 Å². The van der Waals surface area contributed by atoms with Crippen molar-refractivity contribution >= 4 is 53.2 Å². The van der Waals surface area contributed by atoms with E-state index in [1.165, 1.54) is 60.3 Å². The Labute approximate surface area is 285 Å². The van der Waals surface area contributed by atoms with Crippen molar-refractivity contribution in [3.8, 4) is 11.5 Å². The number of carbonyl (C=O) groups excluding carboxylic acids is 3. The minimum atomic E-state index is -1.51. The van der Waals surface area contributed by atoms with E-state index in [0.717, 1.165) is 16.7 Å². The maximum Gasteiger partial charge on any atom is 0.322 e. The molecule has 2 saturated heterocycles. The number of benzene rings is 2. The number of nitrogens with one attached hydrogen (secondary N) is 3. The van der Waals surface area contributed by atoms with Gasteiger partial charge < -0.3 is 42.1 Å². The SMILES string of the molecule is CC1(C)S[C@@H](CN(C(=O)C(NC(=O)C(N)c2ccc(O)cc2)[C@H]2N[C@@H](C(=O)O)C(C)(C)S2)[C@@H](C(N)=O)c2ccc(O)cc2)N[C@H]1C(=O)O. The number of rotatable bonds is 12. The minimum Gasteiger partial charge on any atom is -0.508 e. The Morgan fingerprint density at radius 2 is 1.31 bits per heavy atom. The molecule has 7 atom stereocenters. The predicted octanol–water partition coefficient (Wildman–Crippen LogP) is 0.426. The number of phenols is 2. The lowest BCUT2D eigenvalue weighted by Crippen LogP contribution is -2.61. The largest absolute Gasteiger partial charge is 0.508 e. The average Bonchev–Trinajstić information content (AvgIpc) is 3.49. The van der Waals surface area contributed by atoms with Crippen molar-refractivity contribution in [2.75, 3.05) is 6.54 Å². The van der Waals surface area contributed by atoms with E-state index in [0.29, 0.717) is 5.56 Å². The van der Waals surface area contributed by atoms with E-state index in [1.54, 1.807) is 27.7 Å². The summed E-state index contributed by atoms with van der Waals surface area (Å²) in [4.78, 5) is 67.0. The highest BCUT2D eigenvalue weighted by Crippen LogP contribution is 2.42. The monoisotopic (exact) mass is 704 g/mol. The number of hydrogen-bond donors (Lipinski definition) is 9. The highest BCUT2D eigenvalue weighted by Gasteiger charge is 2.52. The van der Waals surface area contributed by atoms with E-state index in [2.05, 4.69) is 16.0 Å². The number of nitrogens with two attached hydrogens (primary N) is 2. The third kappa shape index (κ3) is 7.98. The lowest BCUT2D eigenvalue weighted by molar-refractivity contribution is -0.144. The van der Waals surface area contributed by atoms with Crippen LogP contribution in [0.5, 0.6) is 11.5 Å². The normalized spacial score (nSPS) is 24.6. The van der Waals surface area contributed by atoms with Crippen LogP contribution < -0.4 is 27.4 Å². The molecule has 2 aliphatic heterocycles. The molecule has 0 spiro atoms. The van der Waals surface area contributed by atoms with Gasteiger partial charge in [0.1, 0.15) is 41.7 Å². The zero-order chi connectivity index (χ0) is 35.7. The molecule has 3 amide bonds. The van der Waals surface area contributed by atoms with Gasteiger partial charge in [0.25, 0.3) is 0 Å². The lowest BCUT2D eigenvalue weighted by atomic mass is 10.0. The first-order chi connectivity index (χ1) is 22.3. The fourth-order valence-electron chi connectivity index (χ4n) is 5.82. The molecule has 0 radical (unpaired) electrons. The van der Waals surface area contributed by atoms with E-state index in [9.17, 15) is 44.4 Å². The van der Waals surface area contributed by atoms with Gasteiger partial charge in [0.05, 0.1) is 10.7 Å². The summed E-state index contributed by atoms with van der Waals surface area (Å²) in [5, 5.41) is 46.2. The molecule has 260 valence electrons. The van der Waals surface area contributed by atoms with E-state index in [1.807, 2.05) is 0 Å². The Hall–Kier alpha value is -4.03. The maximum atomic E-state index is 14.8. The van der Waals surface area contributed by atoms with Gasteiger partial charge in [-0.2, -0.15) is 0 Å². The van der Waals surface area contributed by atoms with Gasteiger partial charge in [-0.15, -0.1) is 23.5 Å². The summed E-state index contributed by atoms with van der Waals surface area (Å²) < 4.78 is -1.77. The minimum absolute atomic E-state index is 0.0537. The summed E-state index contributed by atoms with van der Waals surface area (Å²) in [5.41, 5.74) is 12.7. The van der Waals surface area contributed by atoms with Crippen molar-refractivity contribution in [3.05, 3.63) is 59.7 Å². The molecule has 0 bridgehead atoms. The molecule has 2 heterocycles. The number of thioether (sulfide) groups is 2. The predicted molar refractivity (Wildman–Crippen MR) is 179 cm³/mol. The highest BCUT2D eigenvalue weighted by atomic mass is 32.2. The first kappa shape index (κ1) is 36.8. The Kier molecular flexibility index (Phi) is 10.9. The fourth-order valence-corrected chi connectivity index (χ4v) is 8.78. The van der Waals surface area contributed by atoms with Crippen LogP contribution in [-0.2, 0) is 24.0 Å². The Bertz CT molecular complexity index is 1560. The molecule has 2 fully saturated rings. The molecule has 2 unspecified atom stereocenters. The molecular formula is C31H40N6O9S2. The number of carbonyl (C=O) groups is 5. The molecule has 15 nitrogen and oxygen atoms in total. The summed E-state index contributed by atoms with van der Waals surface area (Å²) in [6, 6.07) is 4.58. The zero-order valence-corrected chi connectivity index (χ0v) is 28.2. The van der Waals surface area contributed by atoms with E-state index >= 15 is 0 Å². The van der Waals surface area contributed by atoms with Gasteiger partial charge in [0.15, 0.2) is 0 Å². The van der Waals surface area contributed by atoms with Crippen LogP contribution in [0.15, 0.2) is 48.5 Å². The summed E-state index contributed by atoms with van der Waals surface area (Å²) in [6.45, 7) is 6.53. The Morgan fingerprint density at radius 3 is 1.77 bits per heavy atom. The second-order valence-corrected chi connectivity index (χ2v) is 16.3. The number of amides is 3. The molecule has 0 saturated carbocycles. The van der Waals surface area contributed by atoms with Crippen molar-refractivity contribution in [1.82, 2.24) is 20.9 Å². The van der Waals surface area contributed by atoms with Gasteiger partial charge in [0, 0.05) is 16.0 Å². The van der Waals surface area contributed by atoms with Crippen molar-refractivity contribution < 1.29 is 44.4 Å². The van der Waals surface area contributed by atoms with Crippen LogP contribution in [0, 0.1) is 0 Å². The van der Waals surface area contributed by atoms with E-state index in [4.69, 9.17) is 11.5 Å². The molecule has 48 heavy (non-hydrogen) atoms. The van der Waals surface area contributed by atoms with Crippen LogP contribution in [0.4, 0.5) is 0 Å². The number of phenolic OH excluding ortho intramolecular Hbond substituents is 2. The number of carboxylic acids is 2. The van der Waals surface area contributed by atoms with Gasteiger partial charge in [0.2, 0.25) is 17.7 Å². The number of nitrogens with zero attached hydrogens (tertiary/aromatic N) is 1. The third-order valence-electron chi connectivity index (χ3n) is 8.28. The van der Waals surface area contributed by atoms with Gasteiger partial charge in [-0.05, 0) is 63.1 Å². The van der Waals surface area contributed by atoms with E-state index < -0.39 is 80.1 Å². The molecule has 0 aliphatic carbocycles. The van der Waals surface area contributed by atoms with Gasteiger partial charge in [-0.3, -0.25) is 34.6 Å². The van der Waals surface area contributed by atoms with Gasteiger partial charge >= 0.3 is 11.9 Å². The Balaban J connectivity index is 1.79. The molecule has 17 heteroatoms. The third-order valence-corrected chi connectivity index (χ3v) is 11.2. The smallest absolute Gasteiger partial charge is 0.322 e. The number of primary amides is 1. The van der Waals surface area contributed by atoms with Crippen LogP contribution in [0.2, 0.25) is 0 Å². The first-order valence-electron chi connectivity index (χ1n) is 14.9. The van der Waals surface area contributed by atoms with Gasteiger partial charge in [-0.1, -0.05) is 24.3 Å². The quantitative estimate of drug-likeness (QED) is 0.145. The average molecular weight is 705 g/mol. The lowest BCUT2D eigenvalue weighted by Gasteiger charge is -2.37. The van der Waals surface area contributed by atoms with Crippen LogP contribution in [0.25, 0.3) is 0 Å². The molecule has 11 N–H and O–H groups in total. The van der Waals surface area contributed by atoms with Crippen LogP contribution in [0.1, 0.15) is 50.9 Å². The van der Waals surface area contributed by atoms with E-state index in [-0.39, 0.29) is 23.6 Å². The van der Waals surface area contributed by atoms with Crippen molar-refractivity contribution in [3.63, 3.8) is 0 Å². The summed E-state index contributed by atoms with van der Waals surface area (Å²) in [7, 11) is 0. The number of hydrogen-bond acceptors (Lipinski definition) is 12. The second-order valence-electron chi connectivity index (χ2n) is 12.7. The van der Waals surface area contributed by atoms with Crippen molar-refractivity contribution in [1.29, 1.82) is 0 Å². The van der Waals surface area contributed by atoms with Crippen LogP contribution in [-0.4, -0.2) is 99.9 Å². The van der Waals surface area contributed by atoms with Crippen LogP contribution >= 0.6 is 23.5 Å². The second kappa shape index (κ2) is 14.2. The molecular weight excluding hydrogens is 665 g/mol. The summed E-state index contributed by atoms with van der Waals surface area (Å²) >= 11 is 2.34. The topological polar surface area (TPSA) is 258 Å². The summed E-state index contributed by atoms with van der Waals surface area (Å²) in [6.07, 6.45) is 0. The molecule has 2 aliphatic rings. The fraction of sp³-hybridized carbons (Fsp3) is 0.452. The standard InChI is InChI=1S/C31H40N6O9S2/c1-30(2)22(28(43)44)34-18(47-30)13-37(21(24(33)40)15-7-11-17(39)12-8-15)27(42)20(26-36-23(29(45)46)31(3,4)48-26)35-25(41)19(32)14-5-9-16(38)10-6-14/h5-12,18-23,26,34,36,38-39H,13,32H2,1-4H3,(H2,33,40)(H,35,41)(H,43,44)(H,45,46)/t18-,19?,20?,21+,22-,23-,26-/m0/s1. The summed E-state index contributed by atoms with van der Waals surface area (Å²) in [5.74, 6) is -5.05. The van der Waals surface area contributed by atoms with Crippen LogP contribution in [0.3, 0.4) is 0 Å². The molecule has 2 aromatic carbocycles. The Morgan fingerprint density at radius 1 is 0.833 bits per heavy atom. The highest BCUT2D eigenvalue weighted by molar-refractivity contribution is 8.01. The van der Waals surface area contributed by atoms with Crippen molar-refractivity contribution in [2.45, 2.75) is 78.1 Å². The molecule has 2 aromatic rings. The number of aromatic hydroxyl groups is 2. The molecule has 0 aromatic heterocycles. The molecule has 4 rings (SSSR count). The maximum absolute atomic E-state index is 14.8. The zero-order valence-electron chi connectivity index (χ0n) is 26.6. The van der Waals surface area contributed by atoms with Gasteiger partial charge in [-0.25, -0.2) is 0 Å².